The molecule has 1 amide bonds. The van der Waals surface area contributed by atoms with Crippen LogP contribution in [0.3, 0.4) is 0 Å². The van der Waals surface area contributed by atoms with E-state index in [1.165, 1.54) is 24.6 Å². The van der Waals surface area contributed by atoms with E-state index >= 15 is 0 Å². The molecule has 0 radical (unpaired) electrons. The molecule has 1 N–H and O–H groups in total. The van der Waals surface area contributed by atoms with Crippen LogP contribution in [0, 0.1) is 5.92 Å². The van der Waals surface area contributed by atoms with Crippen LogP contribution in [0.5, 0.6) is 0 Å². The van der Waals surface area contributed by atoms with Crippen molar-refractivity contribution >= 4 is 45.9 Å². The van der Waals surface area contributed by atoms with Crippen LogP contribution in [-0.2, 0) is 4.79 Å². The van der Waals surface area contributed by atoms with Crippen LogP contribution in [0.2, 0.25) is 5.02 Å². The van der Waals surface area contributed by atoms with Crippen molar-refractivity contribution in [3.8, 4) is 0 Å². The SMILES string of the molecule is CC(C1CC1)n1nccc1NC(=O)CSc1cccc2cccc(Cl)c12. The van der Waals surface area contributed by atoms with Gasteiger partial charge in [0.1, 0.15) is 5.82 Å². The zero-order valence-electron chi connectivity index (χ0n) is 14.5. The first kappa shape index (κ1) is 17.4. The van der Waals surface area contributed by atoms with E-state index in [1.807, 2.05) is 47.1 Å². The summed E-state index contributed by atoms with van der Waals surface area (Å²) in [7, 11) is 0. The highest BCUT2D eigenvalue weighted by molar-refractivity contribution is 8.00. The fourth-order valence-corrected chi connectivity index (χ4v) is 4.47. The zero-order valence-corrected chi connectivity index (χ0v) is 16.1. The van der Waals surface area contributed by atoms with Gasteiger partial charge in [-0.15, -0.1) is 11.8 Å². The second kappa shape index (κ2) is 7.33. The van der Waals surface area contributed by atoms with Gasteiger partial charge in [-0.1, -0.05) is 35.9 Å². The van der Waals surface area contributed by atoms with Crippen molar-refractivity contribution in [3.63, 3.8) is 0 Å². The highest BCUT2D eigenvalue weighted by Crippen LogP contribution is 2.40. The van der Waals surface area contributed by atoms with Crippen molar-refractivity contribution < 1.29 is 4.79 Å². The average Bonchev–Trinajstić information content (AvgIpc) is 3.39. The largest absolute Gasteiger partial charge is 0.310 e. The van der Waals surface area contributed by atoms with Gasteiger partial charge < -0.3 is 5.32 Å². The van der Waals surface area contributed by atoms with Gasteiger partial charge in [0.05, 0.1) is 18.0 Å². The van der Waals surface area contributed by atoms with Crippen LogP contribution < -0.4 is 5.32 Å². The Bertz CT molecular complexity index is 946. The quantitative estimate of drug-likeness (QED) is 0.578. The smallest absolute Gasteiger partial charge is 0.235 e. The van der Waals surface area contributed by atoms with E-state index < -0.39 is 0 Å². The van der Waals surface area contributed by atoms with Crippen LogP contribution in [0.25, 0.3) is 10.8 Å². The molecule has 1 aliphatic carbocycles. The van der Waals surface area contributed by atoms with Crippen molar-refractivity contribution in [1.29, 1.82) is 0 Å². The molecule has 4 nitrogen and oxygen atoms in total. The van der Waals surface area contributed by atoms with Gasteiger partial charge in [-0.2, -0.15) is 5.10 Å². The molecule has 26 heavy (non-hydrogen) atoms. The molecular weight excluding hydrogens is 366 g/mol. The Morgan fingerprint density at radius 2 is 2.08 bits per heavy atom. The van der Waals surface area contributed by atoms with E-state index in [9.17, 15) is 4.79 Å². The maximum atomic E-state index is 12.5. The molecule has 2 aromatic carbocycles. The third kappa shape index (κ3) is 3.60. The number of carbonyl (C=O) groups excluding carboxylic acids is 1. The first-order valence-electron chi connectivity index (χ1n) is 8.77. The molecule has 1 heterocycles. The molecule has 0 saturated heterocycles. The molecule has 1 fully saturated rings. The molecule has 134 valence electrons. The molecule has 4 rings (SSSR count). The average molecular weight is 386 g/mol. The molecule has 1 atom stereocenters. The van der Waals surface area contributed by atoms with E-state index in [-0.39, 0.29) is 5.91 Å². The maximum absolute atomic E-state index is 12.5. The minimum atomic E-state index is -0.0381. The summed E-state index contributed by atoms with van der Waals surface area (Å²) in [5, 5.41) is 10.2. The van der Waals surface area contributed by atoms with Gasteiger partial charge in [-0.05, 0) is 43.2 Å². The third-order valence-electron chi connectivity index (χ3n) is 4.80. The zero-order chi connectivity index (χ0) is 18.1. The Morgan fingerprint density at radius 3 is 2.85 bits per heavy atom. The summed E-state index contributed by atoms with van der Waals surface area (Å²) in [6.45, 7) is 2.16. The van der Waals surface area contributed by atoms with Crippen LogP contribution in [-0.4, -0.2) is 21.4 Å². The molecule has 1 saturated carbocycles. The lowest BCUT2D eigenvalue weighted by atomic mass is 10.1. The van der Waals surface area contributed by atoms with E-state index in [4.69, 9.17) is 11.6 Å². The van der Waals surface area contributed by atoms with E-state index in [0.717, 1.165) is 21.5 Å². The number of carbonyl (C=O) groups is 1. The molecule has 0 aliphatic heterocycles. The molecule has 6 heteroatoms. The van der Waals surface area contributed by atoms with Crippen LogP contribution in [0.1, 0.15) is 25.8 Å². The van der Waals surface area contributed by atoms with Crippen molar-refractivity contribution in [1.82, 2.24) is 9.78 Å². The molecular formula is C20H20ClN3OS. The summed E-state index contributed by atoms with van der Waals surface area (Å²) in [6, 6.07) is 14.1. The fourth-order valence-electron chi connectivity index (χ4n) is 3.22. The summed E-state index contributed by atoms with van der Waals surface area (Å²) in [4.78, 5) is 13.5. The van der Waals surface area contributed by atoms with Gasteiger partial charge in [0.2, 0.25) is 5.91 Å². The Kier molecular flexibility index (Phi) is 4.92. The van der Waals surface area contributed by atoms with E-state index in [2.05, 4.69) is 17.3 Å². The maximum Gasteiger partial charge on any atom is 0.235 e. The summed E-state index contributed by atoms with van der Waals surface area (Å²) >= 11 is 7.86. The van der Waals surface area contributed by atoms with Crippen LogP contribution >= 0.6 is 23.4 Å². The van der Waals surface area contributed by atoms with Crippen molar-refractivity contribution in [2.24, 2.45) is 5.92 Å². The number of nitrogens with zero attached hydrogens (tertiary/aromatic N) is 2. The number of amides is 1. The van der Waals surface area contributed by atoms with E-state index in [1.54, 1.807) is 6.20 Å². The van der Waals surface area contributed by atoms with Crippen molar-refractivity contribution in [3.05, 3.63) is 53.7 Å². The Labute approximate surface area is 161 Å². The number of rotatable bonds is 6. The second-order valence-electron chi connectivity index (χ2n) is 6.67. The highest BCUT2D eigenvalue weighted by Gasteiger charge is 2.30. The summed E-state index contributed by atoms with van der Waals surface area (Å²) in [5.74, 6) is 1.74. The van der Waals surface area contributed by atoms with Gasteiger partial charge in [-0.3, -0.25) is 4.79 Å². The second-order valence-corrected chi connectivity index (χ2v) is 8.09. The molecule has 0 bridgehead atoms. The normalized spacial score (nSPS) is 15.2. The van der Waals surface area contributed by atoms with Gasteiger partial charge in [-0.25, -0.2) is 4.68 Å². The number of hydrogen-bond donors (Lipinski definition) is 1. The van der Waals surface area contributed by atoms with Crippen LogP contribution in [0.15, 0.2) is 53.6 Å². The highest BCUT2D eigenvalue weighted by atomic mass is 35.5. The Morgan fingerprint density at radius 1 is 1.31 bits per heavy atom. The van der Waals surface area contributed by atoms with Gasteiger partial charge in [0, 0.05) is 21.4 Å². The topological polar surface area (TPSA) is 46.9 Å². The number of fused-ring (bicyclic) bond motifs is 1. The lowest BCUT2D eigenvalue weighted by Crippen LogP contribution is -2.19. The number of aromatic nitrogens is 2. The minimum Gasteiger partial charge on any atom is -0.310 e. The Hall–Kier alpha value is -1.98. The van der Waals surface area contributed by atoms with Gasteiger partial charge in [0.15, 0.2) is 0 Å². The number of hydrogen-bond acceptors (Lipinski definition) is 3. The number of anilines is 1. The minimum absolute atomic E-state index is 0.0381. The van der Waals surface area contributed by atoms with E-state index in [0.29, 0.717) is 22.7 Å². The van der Waals surface area contributed by atoms with Crippen LogP contribution in [0.4, 0.5) is 5.82 Å². The van der Waals surface area contributed by atoms with Gasteiger partial charge >= 0.3 is 0 Å². The van der Waals surface area contributed by atoms with Crippen molar-refractivity contribution in [2.75, 3.05) is 11.1 Å². The molecule has 1 aliphatic rings. The lowest BCUT2D eigenvalue weighted by Gasteiger charge is -2.15. The number of nitrogens with one attached hydrogen (secondary N) is 1. The predicted molar refractivity (Wildman–Crippen MR) is 108 cm³/mol. The number of thioether (sulfide) groups is 1. The van der Waals surface area contributed by atoms with Crippen molar-refractivity contribution in [2.45, 2.75) is 30.7 Å². The lowest BCUT2D eigenvalue weighted by molar-refractivity contribution is -0.113. The number of benzene rings is 2. The first-order chi connectivity index (χ1) is 12.6. The Balaban J connectivity index is 1.45. The first-order valence-corrected chi connectivity index (χ1v) is 10.1. The molecule has 1 unspecified atom stereocenters. The summed E-state index contributed by atoms with van der Waals surface area (Å²) < 4.78 is 1.93. The molecule has 1 aromatic heterocycles. The number of halogens is 1. The van der Waals surface area contributed by atoms with Gasteiger partial charge in [0.25, 0.3) is 0 Å². The summed E-state index contributed by atoms with van der Waals surface area (Å²) in [5.41, 5.74) is 0. The molecule has 3 aromatic rings. The summed E-state index contributed by atoms with van der Waals surface area (Å²) in [6.07, 6.45) is 4.23. The fraction of sp³-hybridized carbons (Fsp3) is 0.300. The molecule has 0 spiro atoms. The monoisotopic (exact) mass is 385 g/mol. The third-order valence-corrected chi connectivity index (χ3v) is 6.17. The standard InChI is InChI=1S/C20H20ClN3OS/c1-13(14-8-9-14)24-18(10-11-22-24)23-19(25)12-26-17-7-3-5-15-4-2-6-16(21)20(15)17/h2-7,10-11,13-14H,8-9,12H2,1H3,(H,23,25). The predicted octanol–water partition coefficient (Wildman–Crippen LogP) is 5.39.